The normalized spacial score (nSPS) is 15.6. The van der Waals surface area contributed by atoms with Gasteiger partial charge in [0.05, 0.1) is 19.8 Å². The number of aromatic amines is 1. The van der Waals surface area contributed by atoms with Crippen LogP contribution >= 0.6 is 11.6 Å². The maximum atomic E-state index is 12.5. The summed E-state index contributed by atoms with van der Waals surface area (Å²) < 4.78 is 10.9. The molecule has 2 heterocycles. The molecule has 0 radical (unpaired) electrons. The van der Waals surface area contributed by atoms with Gasteiger partial charge in [-0.15, -0.1) is 5.10 Å². The number of amides is 1. The number of likely N-dealkylation sites (N-methyl/N-ethyl adjacent to an activating group) is 1. The lowest BCUT2D eigenvalue weighted by atomic mass is 10.2. The van der Waals surface area contributed by atoms with Crippen LogP contribution in [-0.4, -0.2) is 71.7 Å². The standard InChI is InChI=1S/C20H29ClN6O3/c1-20(2,3)30-19(28)26(4)13-16(22-15-7-5-14(21)6-8-15)17-23-18(25-24-17)27-9-11-29-12-10-27/h5-8,16,22H,9-13H2,1-4H3,(H,23,24,25). The van der Waals surface area contributed by atoms with E-state index in [1.54, 1.807) is 19.2 Å². The van der Waals surface area contributed by atoms with Crippen molar-refractivity contribution in [2.75, 3.05) is 50.1 Å². The van der Waals surface area contributed by atoms with Crippen molar-refractivity contribution in [3.8, 4) is 0 Å². The zero-order valence-corrected chi connectivity index (χ0v) is 18.6. The van der Waals surface area contributed by atoms with Gasteiger partial charge in [0.25, 0.3) is 0 Å². The highest BCUT2D eigenvalue weighted by Gasteiger charge is 2.26. The van der Waals surface area contributed by atoms with Crippen LogP contribution in [0.1, 0.15) is 32.6 Å². The topological polar surface area (TPSA) is 95.6 Å². The number of rotatable bonds is 6. The Morgan fingerprint density at radius 2 is 2.00 bits per heavy atom. The van der Waals surface area contributed by atoms with Gasteiger partial charge in [-0.1, -0.05) is 11.6 Å². The van der Waals surface area contributed by atoms with Gasteiger partial charge in [0, 0.05) is 30.8 Å². The summed E-state index contributed by atoms with van der Waals surface area (Å²) in [5, 5.41) is 11.4. The van der Waals surface area contributed by atoms with Crippen LogP contribution in [0.2, 0.25) is 5.02 Å². The van der Waals surface area contributed by atoms with E-state index in [2.05, 4.69) is 25.4 Å². The monoisotopic (exact) mass is 436 g/mol. The number of carbonyl (C=O) groups is 1. The first-order valence-electron chi connectivity index (χ1n) is 9.92. The molecule has 30 heavy (non-hydrogen) atoms. The molecule has 0 bridgehead atoms. The van der Waals surface area contributed by atoms with Crippen LogP contribution in [0, 0.1) is 0 Å². The lowest BCUT2D eigenvalue weighted by Crippen LogP contribution is -2.38. The third-order valence-electron chi connectivity index (χ3n) is 4.46. The fraction of sp³-hybridized carbons (Fsp3) is 0.550. The number of halogens is 1. The Morgan fingerprint density at radius 1 is 1.33 bits per heavy atom. The molecule has 10 heteroatoms. The number of carbonyl (C=O) groups excluding carboxylic acids is 1. The third kappa shape index (κ3) is 6.24. The van der Waals surface area contributed by atoms with Gasteiger partial charge in [-0.3, -0.25) is 5.10 Å². The second-order valence-electron chi connectivity index (χ2n) is 8.18. The Kier molecular flexibility index (Phi) is 7.04. The number of H-pyrrole nitrogens is 1. The molecule has 2 N–H and O–H groups in total. The van der Waals surface area contributed by atoms with Crippen LogP contribution in [-0.2, 0) is 9.47 Å². The van der Waals surface area contributed by atoms with Crippen molar-refractivity contribution in [1.82, 2.24) is 20.1 Å². The first kappa shape index (κ1) is 22.2. The Bertz CT molecular complexity index is 830. The van der Waals surface area contributed by atoms with Gasteiger partial charge in [-0.25, -0.2) is 4.79 Å². The molecule has 0 spiro atoms. The summed E-state index contributed by atoms with van der Waals surface area (Å²) >= 11 is 6.00. The SMILES string of the molecule is CN(CC(Nc1ccc(Cl)cc1)c1nc(N2CCOCC2)n[nH]1)C(=O)OC(C)(C)C. The number of aromatic nitrogens is 3. The van der Waals surface area contributed by atoms with E-state index < -0.39 is 11.7 Å². The second kappa shape index (κ2) is 9.53. The van der Waals surface area contributed by atoms with E-state index in [4.69, 9.17) is 21.1 Å². The molecular formula is C20H29ClN6O3. The Labute approximate surface area is 181 Å². The minimum atomic E-state index is -0.569. The highest BCUT2D eigenvalue weighted by molar-refractivity contribution is 6.30. The average Bonchev–Trinajstić information content (AvgIpc) is 3.18. The molecule has 0 saturated carbocycles. The van der Waals surface area contributed by atoms with Crippen molar-refractivity contribution in [2.45, 2.75) is 32.4 Å². The number of benzene rings is 1. The number of nitrogens with one attached hydrogen (secondary N) is 2. The quantitative estimate of drug-likeness (QED) is 0.717. The molecule has 1 aromatic heterocycles. The lowest BCUT2D eigenvalue weighted by Gasteiger charge is -2.28. The van der Waals surface area contributed by atoms with Gasteiger partial charge < -0.3 is 24.6 Å². The molecule has 1 aromatic carbocycles. The Morgan fingerprint density at radius 3 is 2.63 bits per heavy atom. The van der Waals surface area contributed by atoms with Crippen molar-refractivity contribution < 1.29 is 14.3 Å². The van der Waals surface area contributed by atoms with Crippen LogP contribution in [0.5, 0.6) is 0 Å². The molecule has 1 unspecified atom stereocenters. The highest BCUT2D eigenvalue weighted by atomic mass is 35.5. The highest BCUT2D eigenvalue weighted by Crippen LogP contribution is 2.22. The van der Waals surface area contributed by atoms with Crippen molar-refractivity contribution in [3.63, 3.8) is 0 Å². The molecule has 1 aliphatic heterocycles. The molecule has 1 atom stereocenters. The fourth-order valence-corrected chi connectivity index (χ4v) is 3.09. The van der Waals surface area contributed by atoms with Crippen molar-refractivity contribution >= 4 is 29.3 Å². The lowest BCUT2D eigenvalue weighted by molar-refractivity contribution is 0.0291. The first-order chi connectivity index (χ1) is 14.2. The molecule has 0 aliphatic carbocycles. The van der Waals surface area contributed by atoms with E-state index in [1.165, 1.54) is 4.90 Å². The van der Waals surface area contributed by atoms with E-state index in [-0.39, 0.29) is 6.04 Å². The third-order valence-corrected chi connectivity index (χ3v) is 4.71. The minimum absolute atomic E-state index is 0.328. The van der Waals surface area contributed by atoms with Crippen LogP contribution < -0.4 is 10.2 Å². The van der Waals surface area contributed by atoms with E-state index >= 15 is 0 Å². The number of hydrogen-bond donors (Lipinski definition) is 2. The number of nitrogens with zero attached hydrogens (tertiary/aromatic N) is 4. The maximum absolute atomic E-state index is 12.5. The van der Waals surface area contributed by atoms with E-state index in [9.17, 15) is 4.79 Å². The second-order valence-corrected chi connectivity index (χ2v) is 8.62. The zero-order valence-electron chi connectivity index (χ0n) is 17.8. The summed E-state index contributed by atoms with van der Waals surface area (Å²) in [4.78, 5) is 20.7. The summed E-state index contributed by atoms with van der Waals surface area (Å²) in [7, 11) is 1.70. The summed E-state index contributed by atoms with van der Waals surface area (Å²) in [6.45, 7) is 8.63. The zero-order chi connectivity index (χ0) is 21.7. The van der Waals surface area contributed by atoms with Gasteiger partial charge in [-0.2, -0.15) is 4.98 Å². The van der Waals surface area contributed by atoms with Gasteiger partial charge in [0.1, 0.15) is 11.6 Å². The largest absolute Gasteiger partial charge is 0.444 e. The summed E-state index contributed by atoms with van der Waals surface area (Å²) in [5.74, 6) is 1.25. The Hall–Kier alpha value is -2.52. The van der Waals surface area contributed by atoms with Gasteiger partial charge >= 0.3 is 6.09 Å². The fourth-order valence-electron chi connectivity index (χ4n) is 2.96. The van der Waals surface area contributed by atoms with Crippen LogP contribution in [0.3, 0.4) is 0 Å². The average molecular weight is 437 g/mol. The number of anilines is 2. The van der Waals surface area contributed by atoms with Crippen molar-refractivity contribution in [3.05, 3.63) is 35.1 Å². The van der Waals surface area contributed by atoms with Gasteiger partial charge in [0.2, 0.25) is 5.95 Å². The van der Waals surface area contributed by atoms with Crippen molar-refractivity contribution in [1.29, 1.82) is 0 Å². The van der Waals surface area contributed by atoms with Gasteiger partial charge in [-0.05, 0) is 45.0 Å². The minimum Gasteiger partial charge on any atom is -0.444 e. The van der Waals surface area contributed by atoms with Crippen LogP contribution in [0.15, 0.2) is 24.3 Å². The molecule has 1 saturated heterocycles. The van der Waals surface area contributed by atoms with Gasteiger partial charge in [0.15, 0.2) is 5.82 Å². The molecule has 3 rings (SSSR count). The summed E-state index contributed by atoms with van der Waals surface area (Å²) in [5.41, 5.74) is 0.284. The maximum Gasteiger partial charge on any atom is 0.410 e. The van der Waals surface area contributed by atoms with Crippen molar-refractivity contribution in [2.24, 2.45) is 0 Å². The predicted molar refractivity (Wildman–Crippen MR) is 116 cm³/mol. The molecule has 164 valence electrons. The molecule has 9 nitrogen and oxygen atoms in total. The smallest absolute Gasteiger partial charge is 0.410 e. The summed E-state index contributed by atoms with van der Waals surface area (Å²) in [6.07, 6.45) is -0.404. The number of ether oxygens (including phenoxy) is 2. The molecule has 2 aromatic rings. The molecule has 1 aliphatic rings. The van der Waals surface area contributed by atoms with E-state index in [0.29, 0.717) is 36.6 Å². The summed E-state index contributed by atoms with van der Waals surface area (Å²) in [6, 6.07) is 7.03. The van der Waals surface area contributed by atoms with E-state index in [1.807, 2.05) is 32.9 Å². The van der Waals surface area contributed by atoms with Crippen LogP contribution in [0.4, 0.5) is 16.4 Å². The molecule has 1 amide bonds. The predicted octanol–water partition coefficient (Wildman–Crippen LogP) is 3.31. The molecule has 1 fully saturated rings. The molecular weight excluding hydrogens is 408 g/mol. The number of morpholine rings is 1. The van der Waals surface area contributed by atoms with E-state index in [0.717, 1.165) is 18.8 Å². The number of hydrogen-bond acceptors (Lipinski definition) is 7. The van der Waals surface area contributed by atoms with Crippen LogP contribution in [0.25, 0.3) is 0 Å². The Balaban J connectivity index is 1.77. The first-order valence-corrected chi connectivity index (χ1v) is 10.3.